The summed E-state index contributed by atoms with van der Waals surface area (Å²) in [5, 5.41) is 2.02. The van der Waals surface area contributed by atoms with E-state index in [0.29, 0.717) is 28.4 Å². The van der Waals surface area contributed by atoms with Gasteiger partial charge in [-0.25, -0.2) is 17.8 Å². The SMILES string of the molecule is O=C(C1CCCCN1S(=O)(=O)c1cccs1)N(Cc1ccccn1)c1nc2c(F)cccc2s1. The number of sulfonamides is 1. The largest absolute Gasteiger partial charge is 0.281 e. The Morgan fingerprint density at radius 2 is 2.03 bits per heavy atom. The highest BCUT2D eigenvalue weighted by molar-refractivity contribution is 7.91. The van der Waals surface area contributed by atoms with E-state index in [-0.39, 0.29) is 28.7 Å². The molecule has 1 unspecified atom stereocenters. The van der Waals surface area contributed by atoms with Gasteiger partial charge in [0, 0.05) is 12.7 Å². The normalized spacial score (nSPS) is 17.1. The first kappa shape index (κ1) is 23.0. The molecule has 11 heteroatoms. The van der Waals surface area contributed by atoms with Crippen molar-refractivity contribution in [3.63, 3.8) is 0 Å². The second-order valence-corrected chi connectivity index (χ2v) is 12.0. The van der Waals surface area contributed by atoms with Crippen molar-refractivity contribution < 1.29 is 17.6 Å². The maximum absolute atomic E-state index is 14.4. The van der Waals surface area contributed by atoms with Crippen LogP contribution in [-0.2, 0) is 21.4 Å². The van der Waals surface area contributed by atoms with Crippen molar-refractivity contribution in [3.8, 4) is 0 Å². The van der Waals surface area contributed by atoms with Crippen LogP contribution in [0, 0.1) is 5.82 Å². The topological polar surface area (TPSA) is 83.5 Å². The van der Waals surface area contributed by atoms with Crippen LogP contribution in [0.1, 0.15) is 25.0 Å². The zero-order chi connectivity index (χ0) is 23.7. The molecule has 0 saturated carbocycles. The standard InChI is InChI=1S/C23H21FN4O3S3/c24-17-8-5-10-19-21(17)26-23(33-19)27(15-16-7-1-3-12-25-16)22(29)18-9-2-4-13-28(18)34(30,31)20-11-6-14-32-20/h1,3,5-8,10-12,14,18H,2,4,9,13,15H2. The Hall–Kier alpha value is -2.73. The van der Waals surface area contributed by atoms with Crippen molar-refractivity contribution in [1.82, 2.24) is 14.3 Å². The molecule has 0 aliphatic carbocycles. The van der Waals surface area contributed by atoms with Crippen molar-refractivity contribution in [2.75, 3.05) is 11.4 Å². The highest BCUT2D eigenvalue weighted by Crippen LogP contribution is 2.34. The van der Waals surface area contributed by atoms with Gasteiger partial charge in [-0.1, -0.05) is 36.0 Å². The summed E-state index contributed by atoms with van der Waals surface area (Å²) in [5.41, 5.74) is 0.812. The molecule has 7 nitrogen and oxygen atoms in total. The number of rotatable bonds is 6. The number of piperidine rings is 1. The number of nitrogens with zero attached hydrogens (tertiary/aromatic N) is 4. The van der Waals surface area contributed by atoms with Crippen LogP contribution in [0.25, 0.3) is 10.2 Å². The van der Waals surface area contributed by atoms with E-state index in [4.69, 9.17) is 0 Å². The van der Waals surface area contributed by atoms with Gasteiger partial charge in [-0.05, 0) is 48.6 Å². The summed E-state index contributed by atoms with van der Waals surface area (Å²) in [7, 11) is -3.82. The predicted molar refractivity (Wildman–Crippen MR) is 131 cm³/mol. The summed E-state index contributed by atoms with van der Waals surface area (Å²) in [6.45, 7) is 0.368. The monoisotopic (exact) mass is 516 g/mol. The second kappa shape index (κ2) is 9.49. The number of anilines is 1. The highest BCUT2D eigenvalue weighted by atomic mass is 32.2. The van der Waals surface area contributed by atoms with E-state index in [2.05, 4.69) is 9.97 Å². The number of thiazole rings is 1. The van der Waals surface area contributed by atoms with Gasteiger partial charge in [-0.2, -0.15) is 4.31 Å². The van der Waals surface area contributed by atoms with E-state index >= 15 is 0 Å². The lowest BCUT2D eigenvalue weighted by Gasteiger charge is -2.35. The summed E-state index contributed by atoms with van der Waals surface area (Å²) in [5.74, 6) is -0.852. The molecular weight excluding hydrogens is 495 g/mol. The third kappa shape index (κ3) is 4.36. The fraction of sp³-hybridized carbons (Fsp3) is 0.261. The number of para-hydroxylation sites is 1. The Morgan fingerprint density at radius 1 is 1.15 bits per heavy atom. The van der Waals surface area contributed by atoms with E-state index in [1.807, 2.05) is 6.07 Å². The predicted octanol–water partition coefficient (Wildman–Crippen LogP) is 4.67. The lowest BCUT2D eigenvalue weighted by atomic mass is 10.0. The van der Waals surface area contributed by atoms with Crippen molar-refractivity contribution in [2.45, 2.75) is 36.1 Å². The molecule has 176 valence electrons. The van der Waals surface area contributed by atoms with Crippen LogP contribution >= 0.6 is 22.7 Å². The number of pyridine rings is 1. The number of amides is 1. The number of thiophene rings is 1. The maximum Gasteiger partial charge on any atom is 0.253 e. The molecule has 1 atom stereocenters. The number of benzene rings is 1. The molecule has 3 aromatic heterocycles. The number of fused-ring (bicyclic) bond motifs is 1. The molecule has 0 spiro atoms. The van der Waals surface area contributed by atoms with Crippen LogP contribution in [0.4, 0.5) is 9.52 Å². The van der Waals surface area contributed by atoms with Crippen LogP contribution < -0.4 is 4.90 Å². The number of halogens is 1. The Morgan fingerprint density at radius 3 is 2.76 bits per heavy atom. The van der Waals surface area contributed by atoms with Crippen LogP contribution in [-0.4, -0.2) is 41.2 Å². The minimum absolute atomic E-state index is 0.102. The van der Waals surface area contributed by atoms with Crippen molar-refractivity contribution >= 4 is 54.0 Å². The lowest BCUT2D eigenvalue weighted by Crippen LogP contribution is -2.52. The maximum atomic E-state index is 14.4. The molecule has 1 aliphatic rings. The highest BCUT2D eigenvalue weighted by Gasteiger charge is 2.41. The van der Waals surface area contributed by atoms with Crippen molar-refractivity contribution in [1.29, 1.82) is 0 Å². The van der Waals surface area contributed by atoms with Gasteiger partial charge in [0.25, 0.3) is 10.0 Å². The molecule has 0 N–H and O–H groups in total. The molecule has 1 fully saturated rings. The summed E-state index contributed by atoms with van der Waals surface area (Å²) in [6.07, 6.45) is 3.45. The number of aromatic nitrogens is 2. The molecule has 0 bridgehead atoms. The Balaban J connectivity index is 1.55. The third-order valence-corrected chi connectivity index (χ3v) is 10.0. The number of carbonyl (C=O) groups is 1. The van der Waals surface area contributed by atoms with E-state index in [1.165, 1.54) is 26.6 Å². The minimum atomic E-state index is -3.82. The van der Waals surface area contributed by atoms with E-state index < -0.39 is 21.9 Å². The molecule has 0 radical (unpaired) electrons. The first-order chi connectivity index (χ1) is 16.4. The molecule has 4 aromatic rings. The second-order valence-electron chi connectivity index (χ2n) is 7.89. The number of carbonyl (C=O) groups excluding carboxylic acids is 1. The van der Waals surface area contributed by atoms with E-state index in [0.717, 1.165) is 17.8 Å². The quantitative estimate of drug-likeness (QED) is 0.372. The zero-order valence-corrected chi connectivity index (χ0v) is 20.5. The van der Waals surface area contributed by atoms with Crippen molar-refractivity contribution in [3.05, 3.63) is 71.6 Å². The third-order valence-electron chi connectivity index (χ3n) is 5.70. The van der Waals surface area contributed by atoms with Crippen LogP contribution in [0.5, 0.6) is 0 Å². The minimum Gasteiger partial charge on any atom is -0.281 e. The van der Waals surface area contributed by atoms with Gasteiger partial charge in [0.15, 0.2) is 5.13 Å². The molecule has 5 rings (SSSR count). The average Bonchev–Trinajstić information content (AvgIpc) is 3.54. The summed E-state index contributed by atoms with van der Waals surface area (Å²) >= 11 is 2.33. The van der Waals surface area contributed by atoms with E-state index in [9.17, 15) is 17.6 Å². The average molecular weight is 517 g/mol. The van der Waals surface area contributed by atoms with Gasteiger partial charge in [-0.15, -0.1) is 11.3 Å². The first-order valence-corrected chi connectivity index (χ1v) is 13.9. The van der Waals surface area contributed by atoms with Crippen LogP contribution in [0.15, 0.2) is 64.3 Å². The Labute approximate surface area is 204 Å². The molecule has 4 heterocycles. The van der Waals surface area contributed by atoms with E-state index in [1.54, 1.807) is 48.0 Å². The van der Waals surface area contributed by atoms with Gasteiger partial charge < -0.3 is 0 Å². The summed E-state index contributed by atoms with van der Waals surface area (Å²) < 4.78 is 43.2. The lowest BCUT2D eigenvalue weighted by molar-refractivity contribution is -0.123. The van der Waals surface area contributed by atoms with Gasteiger partial charge in [0.05, 0.1) is 16.9 Å². The van der Waals surface area contributed by atoms with Gasteiger partial charge in [0.1, 0.15) is 21.6 Å². The summed E-state index contributed by atoms with van der Waals surface area (Å²) in [6, 6.07) is 12.4. The number of hydrogen-bond donors (Lipinski definition) is 0. The molecule has 1 saturated heterocycles. The fourth-order valence-corrected chi connectivity index (χ4v) is 7.81. The van der Waals surface area contributed by atoms with Gasteiger partial charge in [0.2, 0.25) is 5.91 Å². The fourth-order valence-electron chi connectivity index (χ4n) is 4.06. The molecule has 1 aliphatic heterocycles. The Bertz CT molecular complexity index is 1410. The summed E-state index contributed by atoms with van der Waals surface area (Å²) in [4.78, 5) is 24.2. The molecule has 1 amide bonds. The van der Waals surface area contributed by atoms with Gasteiger partial charge in [-0.3, -0.25) is 14.7 Å². The Kier molecular flexibility index (Phi) is 6.43. The van der Waals surface area contributed by atoms with Gasteiger partial charge >= 0.3 is 0 Å². The molecule has 34 heavy (non-hydrogen) atoms. The molecule has 1 aromatic carbocycles. The zero-order valence-electron chi connectivity index (χ0n) is 18.0. The van der Waals surface area contributed by atoms with Crippen LogP contribution in [0.2, 0.25) is 0 Å². The smallest absolute Gasteiger partial charge is 0.253 e. The molecular formula is C23H21FN4O3S3. The number of hydrogen-bond acceptors (Lipinski definition) is 7. The first-order valence-electron chi connectivity index (χ1n) is 10.8. The van der Waals surface area contributed by atoms with Crippen LogP contribution in [0.3, 0.4) is 0 Å². The van der Waals surface area contributed by atoms with Crippen molar-refractivity contribution in [2.24, 2.45) is 0 Å².